The number of nitrogens with one attached hydrogen (secondary N) is 1. The third-order valence-electron chi connectivity index (χ3n) is 3.58. The smallest absolute Gasteiger partial charge is 0.165 e. The molecular weight excluding hydrogens is 231 g/mol. The van der Waals surface area contributed by atoms with Gasteiger partial charge in [-0.15, -0.1) is 0 Å². The van der Waals surface area contributed by atoms with Crippen LogP contribution in [0.1, 0.15) is 30.5 Å². The van der Waals surface area contributed by atoms with Crippen LogP contribution in [0, 0.1) is 12.7 Å². The van der Waals surface area contributed by atoms with Gasteiger partial charge in [-0.1, -0.05) is 13.0 Å². The summed E-state index contributed by atoms with van der Waals surface area (Å²) in [4.78, 5) is 2.31. The summed E-state index contributed by atoms with van der Waals surface area (Å²) in [6.45, 7) is 7.71. The zero-order valence-electron chi connectivity index (χ0n) is 11.0. The Morgan fingerprint density at radius 3 is 2.67 bits per heavy atom. The van der Waals surface area contributed by atoms with E-state index in [1.807, 2.05) is 13.0 Å². The van der Waals surface area contributed by atoms with Gasteiger partial charge < -0.3 is 10.4 Å². The highest BCUT2D eigenvalue weighted by molar-refractivity contribution is 5.39. The Kier molecular flexibility index (Phi) is 4.19. The minimum Gasteiger partial charge on any atom is -0.505 e. The normalized spacial score (nSPS) is 18.8. The van der Waals surface area contributed by atoms with E-state index in [9.17, 15) is 9.50 Å². The molecule has 0 spiro atoms. The zero-order valence-corrected chi connectivity index (χ0v) is 11.0. The Balaban J connectivity index is 2.31. The SMILES string of the molecule is CC[C@@H](c1cc(C)cc(F)c1O)N1CCNCC1. The molecule has 0 aliphatic carbocycles. The van der Waals surface area contributed by atoms with Crippen molar-refractivity contribution in [1.29, 1.82) is 0 Å². The third-order valence-corrected chi connectivity index (χ3v) is 3.58. The Hall–Kier alpha value is -1.13. The summed E-state index contributed by atoms with van der Waals surface area (Å²) in [7, 11) is 0. The van der Waals surface area contributed by atoms with Gasteiger partial charge in [-0.25, -0.2) is 4.39 Å². The van der Waals surface area contributed by atoms with E-state index in [1.165, 1.54) is 6.07 Å². The minimum absolute atomic E-state index is 0.0986. The van der Waals surface area contributed by atoms with E-state index in [0.717, 1.165) is 43.7 Å². The van der Waals surface area contributed by atoms with Crippen LogP contribution in [0.25, 0.3) is 0 Å². The van der Waals surface area contributed by atoms with E-state index in [0.29, 0.717) is 0 Å². The Morgan fingerprint density at radius 1 is 1.39 bits per heavy atom. The van der Waals surface area contributed by atoms with Crippen molar-refractivity contribution in [1.82, 2.24) is 10.2 Å². The number of rotatable bonds is 3. The number of piperazine rings is 1. The van der Waals surface area contributed by atoms with Crippen molar-refractivity contribution in [2.45, 2.75) is 26.3 Å². The van der Waals surface area contributed by atoms with E-state index < -0.39 is 5.82 Å². The van der Waals surface area contributed by atoms with Crippen molar-refractivity contribution >= 4 is 0 Å². The molecule has 4 heteroatoms. The first kappa shape index (κ1) is 13.3. The Morgan fingerprint density at radius 2 is 2.06 bits per heavy atom. The van der Waals surface area contributed by atoms with Gasteiger partial charge in [0.05, 0.1) is 0 Å². The van der Waals surface area contributed by atoms with Gasteiger partial charge in [0.25, 0.3) is 0 Å². The summed E-state index contributed by atoms with van der Waals surface area (Å²) in [5, 5.41) is 13.2. The van der Waals surface area contributed by atoms with Crippen LogP contribution < -0.4 is 5.32 Å². The number of hydrogen-bond donors (Lipinski definition) is 2. The molecule has 0 radical (unpaired) electrons. The van der Waals surface area contributed by atoms with Crippen LogP contribution in [0.3, 0.4) is 0 Å². The second-order valence-electron chi connectivity index (χ2n) is 4.89. The van der Waals surface area contributed by atoms with E-state index in [2.05, 4.69) is 17.1 Å². The van der Waals surface area contributed by atoms with Crippen molar-refractivity contribution in [3.05, 3.63) is 29.1 Å². The van der Waals surface area contributed by atoms with Gasteiger partial charge in [-0.05, 0) is 25.0 Å². The highest BCUT2D eigenvalue weighted by atomic mass is 19.1. The number of aromatic hydroxyl groups is 1. The quantitative estimate of drug-likeness (QED) is 0.865. The molecule has 1 saturated heterocycles. The average Bonchev–Trinajstić information content (AvgIpc) is 2.37. The number of hydrogen-bond acceptors (Lipinski definition) is 3. The molecule has 18 heavy (non-hydrogen) atoms. The third kappa shape index (κ3) is 2.65. The van der Waals surface area contributed by atoms with Crippen molar-refractivity contribution in [2.24, 2.45) is 0 Å². The molecule has 1 aliphatic rings. The molecule has 1 fully saturated rings. The number of benzene rings is 1. The van der Waals surface area contributed by atoms with Crippen LogP contribution in [0.5, 0.6) is 5.75 Å². The van der Waals surface area contributed by atoms with Gasteiger partial charge in [-0.2, -0.15) is 0 Å². The molecule has 1 atom stereocenters. The van der Waals surface area contributed by atoms with E-state index >= 15 is 0 Å². The van der Waals surface area contributed by atoms with Gasteiger partial charge in [0, 0.05) is 37.8 Å². The number of halogens is 1. The maximum Gasteiger partial charge on any atom is 0.165 e. The standard InChI is InChI=1S/C14H21FN2O/c1-3-13(17-6-4-16-5-7-17)11-8-10(2)9-12(15)14(11)18/h8-9,13,16,18H,3-7H2,1-2H3/t13-/m0/s1. The fourth-order valence-electron chi connectivity index (χ4n) is 2.68. The number of aryl methyl sites for hydroxylation is 1. The van der Waals surface area contributed by atoms with Crippen LogP contribution in [0.2, 0.25) is 0 Å². The lowest BCUT2D eigenvalue weighted by atomic mass is 9.98. The lowest BCUT2D eigenvalue weighted by molar-refractivity contribution is 0.166. The molecule has 3 nitrogen and oxygen atoms in total. The predicted molar refractivity (Wildman–Crippen MR) is 70.3 cm³/mol. The molecule has 0 saturated carbocycles. The summed E-state index contributed by atoms with van der Waals surface area (Å²) in [5.41, 5.74) is 1.57. The topological polar surface area (TPSA) is 35.5 Å². The first-order chi connectivity index (χ1) is 8.63. The molecule has 1 heterocycles. The van der Waals surface area contributed by atoms with Gasteiger partial charge in [-0.3, -0.25) is 4.90 Å². The molecule has 1 aromatic rings. The van der Waals surface area contributed by atoms with Crippen LogP contribution in [0.4, 0.5) is 4.39 Å². The van der Waals surface area contributed by atoms with Crippen LogP contribution in [-0.4, -0.2) is 36.2 Å². The van der Waals surface area contributed by atoms with Crippen molar-refractivity contribution in [2.75, 3.05) is 26.2 Å². The molecule has 0 bridgehead atoms. The van der Waals surface area contributed by atoms with Crippen molar-refractivity contribution in [3.63, 3.8) is 0 Å². The Bertz CT molecular complexity index is 417. The highest BCUT2D eigenvalue weighted by Crippen LogP contribution is 2.34. The molecular formula is C14H21FN2O. The zero-order chi connectivity index (χ0) is 13.1. The molecule has 100 valence electrons. The summed E-state index contributed by atoms with van der Waals surface area (Å²) >= 11 is 0. The molecule has 1 aliphatic heterocycles. The second-order valence-corrected chi connectivity index (χ2v) is 4.89. The first-order valence-electron chi connectivity index (χ1n) is 6.57. The molecule has 1 aromatic carbocycles. The van der Waals surface area contributed by atoms with E-state index in [1.54, 1.807) is 0 Å². The molecule has 0 unspecified atom stereocenters. The number of phenols is 1. The number of phenolic OH excluding ortho intramolecular Hbond substituents is 1. The van der Waals surface area contributed by atoms with Crippen molar-refractivity contribution < 1.29 is 9.50 Å². The molecule has 0 amide bonds. The van der Waals surface area contributed by atoms with Crippen LogP contribution in [-0.2, 0) is 0 Å². The fraction of sp³-hybridized carbons (Fsp3) is 0.571. The highest BCUT2D eigenvalue weighted by Gasteiger charge is 2.24. The van der Waals surface area contributed by atoms with Crippen molar-refractivity contribution in [3.8, 4) is 5.75 Å². The summed E-state index contributed by atoms with van der Waals surface area (Å²) in [6.07, 6.45) is 0.871. The van der Waals surface area contributed by atoms with Gasteiger partial charge in [0.15, 0.2) is 11.6 Å². The van der Waals surface area contributed by atoms with Crippen LogP contribution >= 0.6 is 0 Å². The van der Waals surface area contributed by atoms with Crippen LogP contribution in [0.15, 0.2) is 12.1 Å². The summed E-state index contributed by atoms with van der Waals surface area (Å²) in [6, 6.07) is 3.37. The van der Waals surface area contributed by atoms with Gasteiger partial charge in [0.2, 0.25) is 0 Å². The Labute approximate surface area is 108 Å². The maximum atomic E-state index is 13.6. The summed E-state index contributed by atoms with van der Waals surface area (Å²) < 4.78 is 13.6. The predicted octanol–water partition coefficient (Wildman–Crippen LogP) is 2.20. The monoisotopic (exact) mass is 252 g/mol. The van der Waals surface area contributed by atoms with Gasteiger partial charge in [0.1, 0.15) is 0 Å². The molecule has 0 aromatic heterocycles. The van der Waals surface area contributed by atoms with E-state index in [-0.39, 0.29) is 11.8 Å². The largest absolute Gasteiger partial charge is 0.505 e. The minimum atomic E-state index is -0.515. The number of nitrogens with zero attached hydrogens (tertiary/aromatic N) is 1. The maximum absolute atomic E-state index is 13.6. The first-order valence-corrected chi connectivity index (χ1v) is 6.57. The van der Waals surface area contributed by atoms with Gasteiger partial charge >= 0.3 is 0 Å². The summed E-state index contributed by atoms with van der Waals surface area (Å²) in [5.74, 6) is -0.704. The van der Waals surface area contributed by atoms with E-state index in [4.69, 9.17) is 0 Å². The molecule has 2 rings (SSSR count). The average molecular weight is 252 g/mol. The molecule has 2 N–H and O–H groups in total. The lowest BCUT2D eigenvalue weighted by Gasteiger charge is -2.35. The fourth-order valence-corrected chi connectivity index (χ4v) is 2.68. The second kappa shape index (κ2) is 5.67. The lowest BCUT2D eigenvalue weighted by Crippen LogP contribution is -2.45.